The first-order chi connectivity index (χ1) is 9.74. The predicted octanol–water partition coefficient (Wildman–Crippen LogP) is 4.16. The number of benzene rings is 1. The van der Waals surface area contributed by atoms with E-state index in [1.165, 1.54) is 15.5 Å². The van der Waals surface area contributed by atoms with Crippen LogP contribution in [0, 0.1) is 3.57 Å². The summed E-state index contributed by atoms with van der Waals surface area (Å²) < 4.78 is 9.25. The number of hydrogen-bond donors (Lipinski definition) is 0. The van der Waals surface area contributed by atoms with Crippen LogP contribution in [0.1, 0.15) is 31.1 Å². The maximum absolute atomic E-state index is 5.96. The number of aromatic nitrogens is 2. The summed E-state index contributed by atoms with van der Waals surface area (Å²) >= 11 is 8.29. The summed E-state index contributed by atoms with van der Waals surface area (Å²) in [5.74, 6) is 1.69. The monoisotopic (exact) mass is 404 g/mol. The van der Waals surface area contributed by atoms with Crippen molar-refractivity contribution in [2.24, 2.45) is 0 Å². The number of aryl methyl sites for hydroxylation is 1. The van der Waals surface area contributed by atoms with Crippen molar-refractivity contribution in [2.75, 3.05) is 13.0 Å². The Balaban J connectivity index is 2.13. The van der Waals surface area contributed by atoms with Gasteiger partial charge in [0.2, 0.25) is 0 Å². The van der Waals surface area contributed by atoms with Crippen LogP contribution >= 0.6 is 34.2 Å². The number of imidazole rings is 1. The molecule has 1 aromatic heterocycles. The molecule has 0 spiro atoms. The minimum Gasteiger partial charge on any atom is -0.379 e. The number of halogens is 2. The molecule has 0 amide bonds. The molecule has 5 heteroatoms. The van der Waals surface area contributed by atoms with Crippen molar-refractivity contribution < 1.29 is 4.74 Å². The number of methoxy groups -OCH3 is 1. The molecule has 0 N–H and O–H groups in total. The van der Waals surface area contributed by atoms with Crippen LogP contribution in [-0.4, -0.2) is 28.6 Å². The third-order valence-corrected chi connectivity index (χ3v) is 4.95. The van der Waals surface area contributed by atoms with E-state index in [4.69, 9.17) is 21.3 Å². The molecule has 2 atom stereocenters. The molecule has 3 rings (SSSR count). The lowest BCUT2D eigenvalue weighted by Gasteiger charge is -2.22. The standard InChI is InChI=1S/C15H18ClIN2O/c1-20-14-4-2-3-13(14)19-12-6-5-10(17)9-11(12)18-15(19)7-8-16/h5-6,9,13-14H,2-4,7-8H2,1H3. The molecule has 0 aliphatic heterocycles. The summed E-state index contributed by atoms with van der Waals surface area (Å²) in [6.07, 6.45) is 4.60. The van der Waals surface area contributed by atoms with Crippen molar-refractivity contribution in [1.82, 2.24) is 9.55 Å². The molecule has 2 unspecified atom stereocenters. The van der Waals surface area contributed by atoms with Gasteiger partial charge in [-0.1, -0.05) is 0 Å². The minimum absolute atomic E-state index is 0.292. The Morgan fingerprint density at radius 2 is 2.30 bits per heavy atom. The van der Waals surface area contributed by atoms with E-state index in [0.29, 0.717) is 18.0 Å². The molecule has 0 saturated heterocycles. The summed E-state index contributed by atoms with van der Waals surface area (Å²) in [5.41, 5.74) is 2.28. The number of nitrogens with zero attached hydrogens (tertiary/aromatic N) is 2. The normalized spacial score (nSPS) is 22.8. The van der Waals surface area contributed by atoms with Crippen molar-refractivity contribution in [3.63, 3.8) is 0 Å². The van der Waals surface area contributed by atoms with Crippen LogP contribution in [0.5, 0.6) is 0 Å². The Labute approximate surface area is 137 Å². The molecule has 3 nitrogen and oxygen atoms in total. The van der Waals surface area contributed by atoms with E-state index in [-0.39, 0.29) is 0 Å². The molecule has 1 saturated carbocycles. The zero-order valence-corrected chi connectivity index (χ0v) is 14.4. The van der Waals surface area contributed by atoms with E-state index >= 15 is 0 Å². The van der Waals surface area contributed by atoms with Crippen LogP contribution in [0.4, 0.5) is 0 Å². The molecule has 1 aliphatic rings. The second kappa shape index (κ2) is 6.20. The minimum atomic E-state index is 0.292. The molecule has 108 valence electrons. The highest BCUT2D eigenvalue weighted by Crippen LogP contribution is 2.36. The van der Waals surface area contributed by atoms with Crippen LogP contribution in [0.25, 0.3) is 11.0 Å². The van der Waals surface area contributed by atoms with Gasteiger partial charge in [-0.2, -0.15) is 0 Å². The SMILES string of the molecule is COC1CCCC1n1c(CCCl)nc2cc(I)ccc21. The first-order valence-corrected chi connectivity index (χ1v) is 8.61. The van der Waals surface area contributed by atoms with Gasteiger partial charge in [0.05, 0.1) is 23.2 Å². The lowest BCUT2D eigenvalue weighted by molar-refractivity contribution is 0.0753. The summed E-state index contributed by atoms with van der Waals surface area (Å²) in [6, 6.07) is 6.85. The summed E-state index contributed by atoms with van der Waals surface area (Å²) in [7, 11) is 1.81. The van der Waals surface area contributed by atoms with E-state index in [1.54, 1.807) is 0 Å². The second-order valence-electron chi connectivity index (χ2n) is 5.24. The largest absolute Gasteiger partial charge is 0.379 e. The van der Waals surface area contributed by atoms with Crippen molar-refractivity contribution in [1.29, 1.82) is 0 Å². The second-order valence-corrected chi connectivity index (χ2v) is 6.87. The summed E-state index contributed by atoms with van der Waals surface area (Å²) in [5, 5.41) is 0. The van der Waals surface area contributed by atoms with Crippen molar-refractivity contribution in [3.8, 4) is 0 Å². The molecular weight excluding hydrogens is 387 g/mol. The van der Waals surface area contributed by atoms with Gasteiger partial charge in [0.1, 0.15) is 5.82 Å². The van der Waals surface area contributed by atoms with Gasteiger partial charge in [0.25, 0.3) is 0 Å². The third kappa shape index (κ3) is 2.57. The Morgan fingerprint density at radius 3 is 3.05 bits per heavy atom. The fraction of sp³-hybridized carbons (Fsp3) is 0.533. The van der Waals surface area contributed by atoms with Gasteiger partial charge in [-0.3, -0.25) is 0 Å². The molecule has 0 radical (unpaired) electrons. The highest BCUT2D eigenvalue weighted by atomic mass is 127. The average Bonchev–Trinajstić information content (AvgIpc) is 3.01. The summed E-state index contributed by atoms with van der Waals surface area (Å²) in [4.78, 5) is 4.79. The fourth-order valence-corrected chi connectivity index (χ4v) is 3.87. The molecule has 20 heavy (non-hydrogen) atoms. The van der Waals surface area contributed by atoms with Crippen molar-refractivity contribution in [2.45, 2.75) is 37.8 Å². The zero-order valence-electron chi connectivity index (χ0n) is 11.5. The maximum atomic E-state index is 5.96. The number of fused-ring (bicyclic) bond motifs is 1. The highest BCUT2D eigenvalue weighted by molar-refractivity contribution is 14.1. The van der Waals surface area contributed by atoms with Gasteiger partial charge in [-0.25, -0.2) is 4.98 Å². The van der Waals surface area contributed by atoms with Crippen LogP contribution < -0.4 is 0 Å². The highest BCUT2D eigenvalue weighted by Gasteiger charge is 2.31. The average molecular weight is 405 g/mol. The molecular formula is C15H18ClIN2O. The van der Waals surface area contributed by atoms with E-state index in [2.05, 4.69) is 45.4 Å². The van der Waals surface area contributed by atoms with Gasteiger partial charge in [0.15, 0.2) is 0 Å². The first-order valence-electron chi connectivity index (χ1n) is 6.99. The lowest BCUT2D eigenvalue weighted by atomic mass is 10.2. The van der Waals surface area contributed by atoms with Gasteiger partial charge in [0, 0.05) is 23.0 Å². The molecule has 0 bridgehead atoms. The maximum Gasteiger partial charge on any atom is 0.111 e. The molecule has 1 heterocycles. The number of alkyl halides is 1. The predicted molar refractivity (Wildman–Crippen MR) is 90.6 cm³/mol. The Hall–Kier alpha value is -0.330. The van der Waals surface area contributed by atoms with E-state index in [9.17, 15) is 0 Å². The van der Waals surface area contributed by atoms with Gasteiger partial charge in [-0.15, -0.1) is 11.6 Å². The molecule has 1 aliphatic carbocycles. The lowest BCUT2D eigenvalue weighted by Crippen LogP contribution is -2.22. The fourth-order valence-electron chi connectivity index (χ4n) is 3.23. The van der Waals surface area contributed by atoms with E-state index < -0.39 is 0 Å². The Bertz CT molecular complexity index is 613. The van der Waals surface area contributed by atoms with Crippen molar-refractivity contribution >= 4 is 45.2 Å². The number of hydrogen-bond acceptors (Lipinski definition) is 2. The van der Waals surface area contributed by atoms with E-state index in [1.807, 2.05) is 7.11 Å². The van der Waals surface area contributed by atoms with Crippen LogP contribution in [-0.2, 0) is 11.2 Å². The number of rotatable bonds is 4. The topological polar surface area (TPSA) is 27.1 Å². The van der Waals surface area contributed by atoms with Gasteiger partial charge < -0.3 is 9.30 Å². The smallest absolute Gasteiger partial charge is 0.111 e. The van der Waals surface area contributed by atoms with Gasteiger partial charge >= 0.3 is 0 Å². The molecule has 1 fully saturated rings. The van der Waals surface area contributed by atoms with Gasteiger partial charge in [-0.05, 0) is 60.1 Å². The molecule has 2 aromatic rings. The van der Waals surface area contributed by atoms with Crippen LogP contribution in [0.3, 0.4) is 0 Å². The zero-order chi connectivity index (χ0) is 14.1. The first kappa shape index (κ1) is 14.6. The Kier molecular flexibility index (Phi) is 4.52. The van der Waals surface area contributed by atoms with Crippen molar-refractivity contribution in [3.05, 3.63) is 27.6 Å². The third-order valence-electron chi connectivity index (χ3n) is 4.09. The van der Waals surface area contributed by atoms with E-state index in [0.717, 1.165) is 30.6 Å². The molecule has 1 aromatic carbocycles. The quantitative estimate of drug-likeness (QED) is 0.565. The summed E-state index contributed by atoms with van der Waals surface area (Å²) in [6.45, 7) is 0. The van der Waals surface area contributed by atoms with Crippen LogP contribution in [0.15, 0.2) is 18.2 Å². The van der Waals surface area contributed by atoms with Crippen LogP contribution in [0.2, 0.25) is 0 Å². The Morgan fingerprint density at radius 1 is 1.45 bits per heavy atom. The number of ether oxygens (including phenoxy) is 1.